The predicted molar refractivity (Wildman–Crippen MR) is 99.1 cm³/mol. The van der Waals surface area contributed by atoms with Crippen molar-refractivity contribution in [2.24, 2.45) is 0 Å². The molecule has 1 saturated heterocycles. The zero-order valence-electron chi connectivity index (χ0n) is 15.6. The summed E-state index contributed by atoms with van der Waals surface area (Å²) in [6, 6.07) is 5.60. The SMILES string of the molecule is COc1cc2cc(CN3CCC[C@H]3c3nc(C)no3)c(=O)[nH]c2cc1OC. The molecule has 0 spiro atoms. The maximum Gasteiger partial charge on any atom is 0.252 e. The van der Waals surface area contributed by atoms with Crippen LogP contribution in [-0.4, -0.2) is 40.8 Å². The summed E-state index contributed by atoms with van der Waals surface area (Å²) in [5.74, 6) is 2.46. The van der Waals surface area contributed by atoms with Gasteiger partial charge in [-0.1, -0.05) is 5.16 Å². The number of H-pyrrole nitrogens is 1. The van der Waals surface area contributed by atoms with Crippen molar-refractivity contribution in [2.45, 2.75) is 32.4 Å². The third-order valence-corrected chi connectivity index (χ3v) is 4.99. The van der Waals surface area contributed by atoms with E-state index >= 15 is 0 Å². The van der Waals surface area contributed by atoms with Gasteiger partial charge in [0.25, 0.3) is 5.56 Å². The van der Waals surface area contributed by atoms with Crippen LogP contribution in [0.15, 0.2) is 27.5 Å². The molecule has 0 unspecified atom stereocenters. The molecule has 4 rings (SSSR count). The van der Waals surface area contributed by atoms with Crippen LogP contribution in [0.2, 0.25) is 0 Å². The topological polar surface area (TPSA) is 93.5 Å². The molecule has 1 aliphatic rings. The fourth-order valence-corrected chi connectivity index (χ4v) is 3.66. The summed E-state index contributed by atoms with van der Waals surface area (Å²) in [5, 5.41) is 4.79. The van der Waals surface area contributed by atoms with Gasteiger partial charge in [-0.25, -0.2) is 0 Å². The first-order chi connectivity index (χ1) is 13.1. The molecule has 2 aromatic heterocycles. The van der Waals surface area contributed by atoms with E-state index in [0.29, 0.717) is 40.8 Å². The highest BCUT2D eigenvalue weighted by atomic mass is 16.5. The van der Waals surface area contributed by atoms with Gasteiger partial charge in [-0.2, -0.15) is 4.98 Å². The van der Waals surface area contributed by atoms with Crippen molar-refractivity contribution >= 4 is 10.9 Å². The molecule has 142 valence electrons. The number of hydrogen-bond acceptors (Lipinski definition) is 7. The van der Waals surface area contributed by atoms with E-state index in [0.717, 1.165) is 24.8 Å². The Bertz CT molecular complexity index is 1030. The number of nitrogens with zero attached hydrogens (tertiary/aromatic N) is 3. The van der Waals surface area contributed by atoms with Gasteiger partial charge in [-0.15, -0.1) is 0 Å². The van der Waals surface area contributed by atoms with Crippen LogP contribution < -0.4 is 15.0 Å². The molecule has 0 bridgehead atoms. The van der Waals surface area contributed by atoms with Crippen LogP contribution in [0, 0.1) is 6.92 Å². The number of nitrogens with one attached hydrogen (secondary N) is 1. The molecule has 1 atom stereocenters. The standard InChI is InChI=1S/C19H22N4O4/c1-11-20-19(27-22-11)15-5-4-6-23(15)10-13-7-12-8-16(25-2)17(26-3)9-14(12)21-18(13)24/h7-9,15H,4-6,10H2,1-3H3,(H,21,24)/t15-/m0/s1. The van der Waals surface area contributed by atoms with E-state index in [4.69, 9.17) is 14.0 Å². The highest BCUT2D eigenvalue weighted by molar-refractivity contribution is 5.83. The fourth-order valence-electron chi connectivity index (χ4n) is 3.66. The molecule has 27 heavy (non-hydrogen) atoms. The highest BCUT2D eigenvalue weighted by Gasteiger charge is 2.31. The van der Waals surface area contributed by atoms with Gasteiger partial charge in [0.1, 0.15) is 0 Å². The Labute approximate surface area is 156 Å². The smallest absolute Gasteiger partial charge is 0.252 e. The lowest BCUT2D eigenvalue weighted by molar-refractivity contribution is 0.200. The second kappa shape index (κ2) is 7.03. The number of pyridine rings is 1. The molecule has 3 heterocycles. The molecule has 1 N–H and O–H groups in total. The van der Waals surface area contributed by atoms with Crippen molar-refractivity contribution in [3.05, 3.63) is 45.8 Å². The Morgan fingerprint density at radius 3 is 2.74 bits per heavy atom. The number of hydrogen-bond donors (Lipinski definition) is 1. The average molecular weight is 370 g/mol. The third-order valence-electron chi connectivity index (χ3n) is 4.99. The summed E-state index contributed by atoms with van der Waals surface area (Å²) in [7, 11) is 3.17. The van der Waals surface area contributed by atoms with E-state index < -0.39 is 0 Å². The number of methoxy groups -OCH3 is 2. The van der Waals surface area contributed by atoms with Gasteiger partial charge in [0.15, 0.2) is 17.3 Å². The largest absolute Gasteiger partial charge is 0.493 e. The van der Waals surface area contributed by atoms with Crippen LogP contribution in [0.3, 0.4) is 0 Å². The number of benzene rings is 1. The summed E-state index contributed by atoms with van der Waals surface area (Å²) < 4.78 is 16.0. The minimum Gasteiger partial charge on any atom is -0.493 e. The van der Waals surface area contributed by atoms with E-state index in [-0.39, 0.29) is 11.6 Å². The van der Waals surface area contributed by atoms with Crippen LogP contribution in [-0.2, 0) is 6.54 Å². The normalized spacial score (nSPS) is 17.5. The highest BCUT2D eigenvalue weighted by Crippen LogP contribution is 2.33. The lowest BCUT2D eigenvalue weighted by atomic mass is 10.1. The molecule has 1 aliphatic heterocycles. The van der Waals surface area contributed by atoms with E-state index in [2.05, 4.69) is 20.0 Å². The number of aromatic amines is 1. The van der Waals surface area contributed by atoms with Crippen molar-refractivity contribution in [3.8, 4) is 11.5 Å². The summed E-state index contributed by atoms with van der Waals surface area (Å²) in [6.07, 6.45) is 1.97. The summed E-state index contributed by atoms with van der Waals surface area (Å²) in [4.78, 5) is 22.1. The molecule has 3 aromatic rings. The summed E-state index contributed by atoms with van der Waals surface area (Å²) in [5.41, 5.74) is 1.30. The second-order valence-electron chi connectivity index (χ2n) is 6.73. The van der Waals surface area contributed by atoms with Gasteiger partial charge in [0.05, 0.1) is 25.8 Å². The van der Waals surface area contributed by atoms with Gasteiger partial charge < -0.3 is 19.0 Å². The van der Waals surface area contributed by atoms with Crippen molar-refractivity contribution in [2.75, 3.05) is 20.8 Å². The van der Waals surface area contributed by atoms with Crippen molar-refractivity contribution in [3.63, 3.8) is 0 Å². The van der Waals surface area contributed by atoms with E-state index in [9.17, 15) is 4.79 Å². The number of ether oxygens (including phenoxy) is 2. The minimum atomic E-state index is -0.109. The molecule has 1 fully saturated rings. The average Bonchev–Trinajstić information content (AvgIpc) is 3.30. The first kappa shape index (κ1) is 17.5. The molecule has 0 saturated carbocycles. The Morgan fingerprint density at radius 2 is 2.04 bits per heavy atom. The minimum absolute atomic E-state index is 0.0479. The van der Waals surface area contributed by atoms with Gasteiger partial charge >= 0.3 is 0 Å². The molecule has 8 heteroatoms. The van der Waals surface area contributed by atoms with Gasteiger partial charge in [-0.3, -0.25) is 9.69 Å². The quantitative estimate of drug-likeness (QED) is 0.738. The van der Waals surface area contributed by atoms with Gasteiger partial charge in [0.2, 0.25) is 5.89 Å². The van der Waals surface area contributed by atoms with Crippen LogP contribution >= 0.6 is 0 Å². The van der Waals surface area contributed by atoms with Crippen LogP contribution in [0.25, 0.3) is 10.9 Å². The Kier molecular flexibility index (Phi) is 4.57. The first-order valence-corrected chi connectivity index (χ1v) is 8.91. The molecule has 0 amide bonds. The van der Waals surface area contributed by atoms with Crippen LogP contribution in [0.1, 0.15) is 36.2 Å². The number of aryl methyl sites for hydroxylation is 1. The molecule has 1 aromatic carbocycles. The first-order valence-electron chi connectivity index (χ1n) is 8.91. The van der Waals surface area contributed by atoms with E-state index in [1.807, 2.05) is 19.1 Å². The summed E-state index contributed by atoms with van der Waals surface area (Å²) >= 11 is 0. The van der Waals surface area contributed by atoms with Crippen molar-refractivity contribution in [1.29, 1.82) is 0 Å². The lowest BCUT2D eigenvalue weighted by Gasteiger charge is -2.21. The fraction of sp³-hybridized carbons (Fsp3) is 0.421. The van der Waals surface area contributed by atoms with E-state index in [1.54, 1.807) is 20.3 Å². The second-order valence-corrected chi connectivity index (χ2v) is 6.73. The number of aromatic nitrogens is 3. The van der Waals surface area contributed by atoms with Crippen LogP contribution in [0.4, 0.5) is 0 Å². The third kappa shape index (κ3) is 3.28. The monoisotopic (exact) mass is 370 g/mol. The zero-order valence-corrected chi connectivity index (χ0v) is 15.6. The summed E-state index contributed by atoms with van der Waals surface area (Å²) in [6.45, 7) is 3.21. The Balaban J connectivity index is 1.67. The molecule has 0 radical (unpaired) electrons. The Morgan fingerprint density at radius 1 is 1.26 bits per heavy atom. The molecule has 0 aliphatic carbocycles. The van der Waals surface area contributed by atoms with Gasteiger partial charge in [0, 0.05) is 23.6 Å². The van der Waals surface area contributed by atoms with Crippen molar-refractivity contribution < 1.29 is 14.0 Å². The van der Waals surface area contributed by atoms with Gasteiger partial charge in [-0.05, 0) is 38.4 Å². The number of fused-ring (bicyclic) bond motifs is 1. The van der Waals surface area contributed by atoms with Crippen molar-refractivity contribution in [1.82, 2.24) is 20.0 Å². The van der Waals surface area contributed by atoms with Crippen LogP contribution in [0.5, 0.6) is 11.5 Å². The number of likely N-dealkylation sites (tertiary alicyclic amines) is 1. The Hall–Kier alpha value is -2.87. The maximum absolute atomic E-state index is 12.6. The molecular weight excluding hydrogens is 348 g/mol. The predicted octanol–water partition coefficient (Wildman–Crippen LogP) is 2.57. The maximum atomic E-state index is 12.6. The number of rotatable bonds is 5. The zero-order chi connectivity index (χ0) is 19.0. The molecule has 8 nitrogen and oxygen atoms in total. The lowest BCUT2D eigenvalue weighted by Crippen LogP contribution is -2.27. The van der Waals surface area contributed by atoms with E-state index in [1.165, 1.54) is 0 Å². The molecular formula is C19H22N4O4.